The van der Waals surface area contributed by atoms with E-state index in [0.29, 0.717) is 17.2 Å². The molecule has 5 nitrogen and oxygen atoms in total. The Bertz CT molecular complexity index is 875. The molecular formula is C20H20N4O. The number of aromatic nitrogens is 2. The van der Waals surface area contributed by atoms with Crippen molar-refractivity contribution in [2.24, 2.45) is 0 Å². The molecule has 2 N–H and O–H groups in total. The molecule has 5 heteroatoms. The fourth-order valence-corrected chi connectivity index (χ4v) is 2.43. The highest BCUT2D eigenvalue weighted by atomic mass is 16.1. The van der Waals surface area contributed by atoms with Gasteiger partial charge >= 0.3 is 0 Å². The number of rotatable bonds is 6. The zero-order chi connectivity index (χ0) is 17.6. The van der Waals surface area contributed by atoms with Gasteiger partial charge < -0.3 is 10.6 Å². The van der Waals surface area contributed by atoms with Gasteiger partial charge in [0.15, 0.2) is 5.78 Å². The second-order valence-corrected chi connectivity index (χ2v) is 5.73. The summed E-state index contributed by atoms with van der Waals surface area (Å²) >= 11 is 0. The number of aryl methyl sites for hydroxylation is 1. The normalized spacial score (nSPS) is 10.3. The molecule has 0 radical (unpaired) electrons. The second-order valence-electron chi connectivity index (χ2n) is 5.73. The van der Waals surface area contributed by atoms with Gasteiger partial charge in [0.05, 0.1) is 0 Å². The molecule has 0 bridgehead atoms. The van der Waals surface area contributed by atoms with E-state index < -0.39 is 0 Å². The van der Waals surface area contributed by atoms with Crippen LogP contribution < -0.4 is 10.6 Å². The van der Waals surface area contributed by atoms with Gasteiger partial charge in [-0.15, -0.1) is 0 Å². The quantitative estimate of drug-likeness (QED) is 0.639. The van der Waals surface area contributed by atoms with Gasteiger partial charge in [-0.25, -0.2) is 9.97 Å². The van der Waals surface area contributed by atoms with Gasteiger partial charge in [0.25, 0.3) is 0 Å². The van der Waals surface area contributed by atoms with Crippen LogP contribution in [0.3, 0.4) is 0 Å². The highest BCUT2D eigenvalue weighted by molar-refractivity contribution is 5.95. The van der Waals surface area contributed by atoms with E-state index in [4.69, 9.17) is 0 Å². The van der Waals surface area contributed by atoms with E-state index in [1.54, 1.807) is 19.1 Å². The molecule has 25 heavy (non-hydrogen) atoms. The van der Waals surface area contributed by atoms with Gasteiger partial charge in [0.2, 0.25) is 0 Å². The van der Waals surface area contributed by atoms with Crippen LogP contribution in [-0.4, -0.2) is 15.8 Å². The molecule has 3 aromatic rings. The third-order valence-corrected chi connectivity index (χ3v) is 3.84. The van der Waals surface area contributed by atoms with Crippen molar-refractivity contribution in [3.8, 4) is 0 Å². The molecule has 0 amide bonds. The summed E-state index contributed by atoms with van der Waals surface area (Å²) in [4.78, 5) is 20.0. The number of carbonyl (C=O) groups is 1. The van der Waals surface area contributed by atoms with Crippen molar-refractivity contribution in [2.45, 2.75) is 20.3 Å². The number of anilines is 4. The van der Waals surface area contributed by atoms with Crippen molar-refractivity contribution in [3.05, 3.63) is 72.1 Å². The average molecular weight is 332 g/mol. The summed E-state index contributed by atoms with van der Waals surface area (Å²) in [5.41, 5.74) is 3.74. The zero-order valence-electron chi connectivity index (χ0n) is 14.3. The molecule has 0 fully saturated rings. The third-order valence-electron chi connectivity index (χ3n) is 3.84. The first-order valence-corrected chi connectivity index (χ1v) is 8.20. The Kier molecular flexibility index (Phi) is 5.04. The second kappa shape index (κ2) is 7.57. The van der Waals surface area contributed by atoms with Crippen molar-refractivity contribution in [2.75, 3.05) is 10.6 Å². The van der Waals surface area contributed by atoms with E-state index >= 15 is 0 Å². The Balaban J connectivity index is 1.74. The van der Waals surface area contributed by atoms with Gasteiger partial charge in [0, 0.05) is 23.0 Å². The predicted molar refractivity (Wildman–Crippen MR) is 101 cm³/mol. The Morgan fingerprint density at radius 2 is 1.60 bits per heavy atom. The van der Waals surface area contributed by atoms with Gasteiger partial charge in [0.1, 0.15) is 18.0 Å². The van der Waals surface area contributed by atoms with E-state index in [-0.39, 0.29) is 5.78 Å². The minimum Gasteiger partial charge on any atom is -0.340 e. The van der Waals surface area contributed by atoms with Crippen LogP contribution in [0.15, 0.2) is 60.9 Å². The SMILES string of the molecule is CCc1ccc(Nc2cc(Nc3cccc(C(C)=O)c3)ncn2)cc1. The van der Waals surface area contributed by atoms with Crippen LogP contribution in [0.5, 0.6) is 0 Å². The summed E-state index contributed by atoms with van der Waals surface area (Å²) in [6.07, 6.45) is 2.51. The Morgan fingerprint density at radius 3 is 2.24 bits per heavy atom. The first-order chi connectivity index (χ1) is 12.1. The van der Waals surface area contributed by atoms with Crippen LogP contribution >= 0.6 is 0 Å². The molecule has 0 saturated carbocycles. The summed E-state index contributed by atoms with van der Waals surface area (Å²) in [6.45, 7) is 3.68. The maximum atomic E-state index is 11.5. The van der Waals surface area contributed by atoms with Crippen molar-refractivity contribution in [3.63, 3.8) is 0 Å². The number of carbonyl (C=O) groups excluding carboxylic acids is 1. The molecule has 0 aliphatic carbocycles. The molecule has 2 aromatic carbocycles. The average Bonchev–Trinajstić information content (AvgIpc) is 2.63. The van der Waals surface area contributed by atoms with Crippen molar-refractivity contribution in [1.29, 1.82) is 0 Å². The van der Waals surface area contributed by atoms with E-state index in [1.165, 1.54) is 11.9 Å². The number of hydrogen-bond donors (Lipinski definition) is 2. The fourth-order valence-electron chi connectivity index (χ4n) is 2.43. The summed E-state index contributed by atoms with van der Waals surface area (Å²) in [6, 6.07) is 17.4. The highest BCUT2D eigenvalue weighted by Gasteiger charge is 2.03. The molecular weight excluding hydrogens is 312 g/mol. The largest absolute Gasteiger partial charge is 0.340 e. The standard InChI is InChI=1S/C20H20N4O/c1-3-15-7-9-17(10-8-15)23-19-12-20(22-13-21-19)24-18-6-4-5-16(11-18)14(2)25/h4-13H,3H2,1-2H3,(H2,21,22,23,24). The van der Waals surface area contributed by atoms with E-state index in [0.717, 1.165) is 17.8 Å². The number of benzene rings is 2. The minimum atomic E-state index is 0.0317. The lowest BCUT2D eigenvalue weighted by atomic mass is 10.1. The molecule has 0 unspecified atom stereocenters. The number of hydrogen-bond acceptors (Lipinski definition) is 5. The lowest BCUT2D eigenvalue weighted by Crippen LogP contribution is -1.99. The number of nitrogens with one attached hydrogen (secondary N) is 2. The molecule has 126 valence electrons. The lowest BCUT2D eigenvalue weighted by Gasteiger charge is -2.09. The molecule has 1 heterocycles. The fraction of sp³-hybridized carbons (Fsp3) is 0.150. The molecule has 0 atom stereocenters. The summed E-state index contributed by atoms with van der Waals surface area (Å²) in [7, 11) is 0. The number of nitrogens with zero attached hydrogens (tertiary/aromatic N) is 2. The summed E-state index contributed by atoms with van der Waals surface area (Å²) in [5.74, 6) is 1.39. The van der Waals surface area contributed by atoms with Crippen LogP contribution in [0, 0.1) is 0 Å². The maximum absolute atomic E-state index is 11.5. The summed E-state index contributed by atoms with van der Waals surface area (Å²) in [5, 5.41) is 6.47. The van der Waals surface area contributed by atoms with Crippen LogP contribution in [0.4, 0.5) is 23.0 Å². The predicted octanol–water partition coefficient (Wildman–Crippen LogP) is 4.73. The molecule has 0 spiro atoms. The molecule has 0 aliphatic heterocycles. The van der Waals surface area contributed by atoms with Crippen molar-refractivity contribution < 1.29 is 4.79 Å². The van der Waals surface area contributed by atoms with Crippen molar-refractivity contribution >= 4 is 28.8 Å². The van der Waals surface area contributed by atoms with Gasteiger partial charge in [-0.3, -0.25) is 4.79 Å². The topological polar surface area (TPSA) is 66.9 Å². The monoisotopic (exact) mass is 332 g/mol. The molecule has 0 aliphatic rings. The Morgan fingerprint density at radius 1 is 0.920 bits per heavy atom. The van der Waals surface area contributed by atoms with E-state index in [2.05, 4.69) is 39.7 Å². The van der Waals surface area contributed by atoms with Gasteiger partial charge in [-0.2, -0.15) is 0 Å². The zero-order valence-corrected chi connectivity index (χ0v) is 14.3. The summed E-state index contributed by atoms with van der Waals surface area (Å²) < 4.78 is 0. The van der Waals surface area contributed by atoms with E-state index in [9.17, 15) is 4.79 Å². The van der Waals surface area contributed by atoms with Crippen LogP contribution in [0.2, 0.25) is 0 Å². The van der Waals surface area contributed by atoms with Crippen LogP contribution in [-0.2, 0) is 6.42 Å². The lowest BCUT2D eigenvalue weighted by molar-refractivity contribution is 0.101. The highest BCUT2D eigenvalue weighted by Crippen LogP contribution is 2.20. The van der Waals surface area contributed by atoms with Gasteiger partial charge in [-0.1, -0.05) is 31.2 Å². The first-order valence-electron chi connectivity index (χ1n) is 8.20. The third kappa shape index (κ3) is 4.41. The van der Waals surface area contributed by atoms with Gasteiger partial charge in [-0.05, 0) is 43.2 Å². The Hall–Kier alpha value is -3.21. The molecule has 1 aromatic heterocycles. The maximum Gasteiger partial charge on any atom is 0.159 e. The van der Waals surface area contributed by atoms with E-state index in [1.807, 2.05) is 30.3 Å². The van der Waals surface area contributed by atoms with Crippen LogP contribution in [0.25, 0.3) is 0 Å². The first kappa shape index (κ1) is 16.6. The van der Waals surface area contributed by atoms with Crippen molar-refractivity contribution in [1.82, 2.24) is 9.97 Å². The smallest absolute Gasteiger partial charge is 0.159 e. The minimum absolute atomic E-state index is 0.0317. The molecule has 0 saturated heterocycles. The Labute approximate surface area is 147 Å². The number of Topliss-reactive ketones (excluding diaryl/α,β-unsaturated/α-hetero) is 1. The van der Waals surface area contributed by atoms with Crippen LogP contribution in [0.1, 0.15) is 29.8 Å². The number of ketones is 1. The molecule has 3 rings (SSSR count).